The third-order valence-corrected chi connectivity index (χ3v) is 5.35. The van der Waals surface area contributed by atoms with Crippen molar-refractivity contribution in [3.05, 3.63) is 94.3 Å². The lowest BCUT2D eigenvalue weighted by Gasteiger charge is -2.26. The Labute approximate surface area is 183 Å². The fourth-order valence-electron chi connectivity index (χ4n) is 3.77. The first-order valence-corrected chi connectivity index (χ1v) is 10.1. The Balaban J connectivity index is 1.41. The number of carbonyl (C=O) groups excluding carboxylic acids is 2. The molecular weight excluding hydrogens is 416 g/mol. The molecule has 1 aliphatic carbocycles. The van der Waals surface area contributed by atoms with E-state index in [1.807, 2.05) is 18.2 Å². The molecule has 4 rings (SSSR count). The van der Waals surface area contributed by atoms with E-state index in [4.69, 9.17) is 10.5 Å². The number of nitrogens with one attached hydrogen (secondary N) is 1. The molecule has 1 aromatic heterocycles. The Hall–Kier alpha value is -3.81. The molecule has 0 saturated carbocycles. The lowest BCUT2D eigenvalue weighted by Crippen LogP contribution is -2.38. The molecule has 0 aliphatic heterocycles. The fourth-order valence-corrected chi connectivity index (χ4v) is 3.77. The summed E-state index contributed by atoms with van der Waals surface area (Å²) in [4.78, 5) is 27.6. The highest BCUT2D eigenvalue weighted by molar-refractivity contribution is 5.94. The molecule has 164 valence electrons. The molecule has 1 heterocycles. The maximum Gasteiger partial charge on any atom is 0.267 e. The quantitative estimate of drug-likeness (QED) is 0.619. The zero-order valence-corrected chi connectivity index (χ0v) is 17.1. The number of ether oxygens (including phenoxy) is 1. The van der Waals surface area contributed by atoms with Crippen molar-refractivity contribution in [1.29, 1.82) is 0 Å². The van der Waals surface area contributed by atoms with Gasteiger partial charge in [-0.3, -0.25) is 14.6 Å². The molecule has 1 aliphatic rings. The van der Waals surface area contributed by atoms with Gasteiger partial charge in [-0.1, -0.05) is 6.07 Å². The summed E-state index contributed by atoms with van der Waals surface area (Å²) in [6.07, 6.45) is 3.58. The number of carbonyl (C=O) groups is 2. The van der Waals surface area contributed by atoms with Gasteiger partial charge in [0.1, 0.15) is 29.7 Å². The molecule has 0 saturated heterocycles. The van der Waals surface area contributed by atoms with Crippen LogP contribution in [-0.4, -0.2) is 22.8 Å². The van der Waals surface area contributed by atoms with Crippen molar-refractivity contribution in [2.24, 2.45) is 5.73 Å². The zero-order valence-electron chi connectivity index (χ0n) is 17.1. The molecule has 3 N–H and O–H groups in total. The number of aromatic nitrogens is 1. The maximum atomic E-state index is 13.4. The second-order valence-corrected chi connectivity index (χ2v) is 7.70. The second kappa shape index (κ2) is 9.13. The molecule has 0 radical (unpaired) electrons. The second-order valence-electron chi connectivity index (χ2n) is 7.70. The molecule has 0 bridgehead atoms. The molecule has 8 heteroatoms. The Morgan fingerprint density at radius 2 is 1.84 bits per heavy atom. The smallest absolute Gasteiger partial charge is 0.267 e. The van der Waals surface area contributed by atoms with Gasteiger partial charge in [0.15, 0.2) is 0 Å². The summed E-state index contributed by atoms with van der Waals surface area (Å²) < 4.78 is 32.7. The van der Waals surface area contributed by atoms with E-state index in [1.165, 1.54) is 11.8 Å². The summed E-state index contributed by atoms with van der Waals surface area (Å²) in [7, 11) is 0. The van der Waals surface area contributed by atoms with Crippen molar-refractivity contribution in [2.45, 2.75) is 31.9 Å². The average molecular weight is 437 g/mol. The van der Waals surface area contributed by atoms with Gasteiger partial charge in [-0.15, -0.1) is 0 Å². The van der Waals surface area contributed by atoms with Gasteiger partial charge in [0.25, 0.3) is 11.8 Å². The normalized spacial score (nSPS) is 15.0. The maximum absolute atomic E-state index is 13.4. The zero-order chi connectivity index (χ0) is 22.7. The Kier molecular flexibility index (Phi) is 6.11. The van der Waals surface area contributed by atoms with E-state index in [1.54, 1.807) is 12.1 Å². The van der Waals surface area contributed by atoms with Gasteiger partial charge >= 0.3 is 0 Å². The summed E-state index contributed by atoms with van der Waals surface area (Å²) in [5, 5.41) is 2.86. The molecule has 32 heavy (non-hydrogen) atoms. The van der Waals surface area contributed by atoms with Gasteiger partial charge in [-0.05, 0) is 72.4 Å². The van der Waals surface area contributed by atoms with Crippen LogP contribution < -0.4 is 15.8 Å². The predicted octanol–water partition coefficient (Wildman–Crippen LogP) is 3.33. The van der Waals surface area contributed by atoms with Crippen LogP contribution in [0, 0.1) is 11.6 Å². The van der Waals surface area contributed by atoms with Gasteiger partial charge in [0, 0.05) is 23.9 Å². The van der Waals surface area contributed by atoms with Crippen molar-refractivity contribution in [3.8, 4) is 5.75 Å². The number of pyridine rings is 1. The van der Waals surface area contributed by atoms with Crippen molar-refractivity contribution >= 4 is 11.8 Å². The molecular formula is C24H21F2N3O3. The van der Waals surface area contributed by atoms with Gasteiger partial charge in [-0.2, -0.15) is 0 Å². The number of amides is 2. The summed E-state index contributed by atoms with van der Waals surface area (Å²) in [5.74, 6) is -2.03. The average Bonchev–Trinajstić information content (AvgIpc) is 2.77. The Bertz CT molecular complexity index is 1160. The predicted molar refractivity (Wildman–Crippen MR) is 113 cm³/mol. The van der Waals surface area contributed by atoms with Crippen molar-refractivity contribution in [1.82, 2.24) is 10.3 Å². The van der Waals surface area contributed by atoms with Crippen molar-refractivity contribution in [3.63, 3.8) is 0 Å². The highest BCUT2D eigenvalue weighted by atomic mass is 19.1. The number of hydrogen-bond acceptors (Lipinski definition) is 4. The first kappa shape index (κ1) is 21.4. The Morgan fingerprint density at radius 1 is 1.06 bits per heavy atom. The number of nitrogens with zero attached hydrogens (tertiary/aromatic N) is 1. The fraction of sp³-hybridized carbons (Fsp3) is 0.208. The summed E-state index contributed by atoms with van der Waals surface area (Å²) >= 11 is 0. The summed E-state index contributed by atoms with van der Waals surface area (Å²) in [5.41, 5.74) is 8.36. The number of primary amides is 1. The number of hydrogen-bond donors (Lipinski definition) is 2. The van der Waals surface area contributed by atoms with Crippen LogP contribution in [0.15, 0.2) is 54.7 Å². The minimum Gasteiger partial charge on any atom is -0.489 e. The molecule has 2 amide bonds. The molecule has 6 nitrogen and oxygen atoms in total. The van der Waals surface area contributed by atoms with Gasteiger partial charge in [0.05, 0.1) is 0 Å². The van der Waals surface area contributed by atoms with E-state index in [0.29, 0.717) is 12.2 Å². The van der Waals surface area contributed by atoms with E-state index >= 15 is 0 Å². The molecule has 1 unspecified atom stereocenters. The van der Waals surface area contributed by atoms with Crippen LogP contribution in [0.25, 0.3) is 0 Å². The summed E-state index contributed by atoms with van der Waals surface area (Å²) in [6.45, 7) is 0.243. The highest BCUT2D eigenvalue weighted by Gasteiger charge is 2.22. The molecule has 1 atom stereocenters. The monoisotopic (exact) mass is 437 g/mol. The number of aryl methyl sites for hydroxylation is 1. The van der Waals surface area contributed by atoms with Crippen LogP contribution in [0.5, 0.6) is 5.75 Å². The molecule has 0 spiro atoms. The van der Waals surface area contributed by atoms with Crippen LogP contribution in [0.2, 0.25) is 0 Å². The summed E-state index contributed by atoms with van der Waals surface area (Å²) in [6, 6.07) is 11.7. The standard InChI is InChI=1S/C24H21F2N3O3/c25-18-8-17(9-19(26)12-18)24(31)29-20-3-1-15-2-4-21(11-16(15)10-20)32-13-14-5-6-28-22(7-14)23(27)30/h2,4-9,11-12,20H,1,3,10,13H2,(H2,27,30)(H,29,31). The van der Waals surface area contributed by atoms with E-state index in [2.05, 4.69) is 10.3 Å². The van der Waals surface area contributed by atoms with E-state index < -0.39 is 23.4 Å². The van der Waals surface area contributed by atoms with E-state index in [9.17, 15) is 18.4 Å². The van der Waals surface area contributed by atoms with Crippen molar-refractivity contribution < 1.29 is 23.1 Å². The SMILES string of the molecule is NC(=O)c1cc(COc2ccc3c(c2)CC(NC(=O)c2cc(F)cc(F)c2)CC3)ccn1. The van der Waals surface area contributed by atoms with Gasteiger partial charge in [0.2, 0.25) is 0 Å². The number of benzene rings is 2. The number of halogens is 2. The number of nitrogens with two attached hydrogens (primary N) is 1. The van der Waals surface area contributed by atoms with Crippen LogP contribution >= 0.6 is 0 Å². The van der Waals surface area contributed by atoms with Crippen LogP contribution in [-0.2, 0) is 19.4 Å². The van der Waals surface area contributed by atoms with Gasteiger partial charge in [-0.25, -0.2) is 8.78 Å². The highest BCUT2D eigenvalue weighted by Crippen LogP contribution is 2.26. The topological polar surface area (TPSA) is 94.3 Å². The number of fused-ring (bicyclic) bond motifs is 1. The molecule has 0 fully saturated rings. The van der Waals surface area contributed by atoms with Crippen LogP contribution in [0.1, 0.15) is 44.0 Å². The number of rotatable bonds is 6. The Morgan fingerprint density at radius 3 is 2.59 bits per heavy atom. The lowest BCUT2D eigenvalue weighted by molar-refractivity contribution is 0.0931. The van der Waals surface area contributed by atoms with E-state index in [-0.39, 0.29) is 23.9 Å². The van der Waals surface area contributed by atoms with Gasteiger partial charge < -0.3 is 15.8 Å². The third-order valence-electron chi connectivity index (χ3n) is 5.35. The van der Waals surface area contributed by atoms with Crippen LogP contribution in [0.4, 0.5) is 8.78 Å². The first-order valence-electron chi connectivity index (χ1n) is 10.1. The minimum absolute atomic E-state index is 0.0435. The molecule has 3 aromatic rings. The minimum atomic E-state index is -0.789. The lowest BCUT2D eigenvalue weighted by atomic mass is 9.88. The first-order chi connectivity index (χ1) is 15.4. The molecule has 2 aromatic carbocycles. The largest absolute Gasteiger partial charge is 0.489 e. The van der Waals surface area contributed by atoms with E-state index in [0.717, 1.165) is 42.2 Å². The van der Waals surface area contributed by atoms with Crippen LogP contribution in [0.3, 0.4) is 0 Å². The van der Waals surface area contributed by atoms with Crippen molar-refractivity contribution in [2.75, 3.05) is 0 Å². The third kappa shape index (κ3) is 5.08.